The van der Waals surface area contributed by atoms with E-state index in [1.807, 2.05) is 0 Å². The van der Waals surface area contributed by atoms with Crippen molar-refractivity contribution >= 4 is 15.9 Å². The number of aromatic nitrogens is 1. The van der Waals surface area contributed by atoms with E-state index in [1.54, 1.807) is 6.92 Å². The fourth-order valence-corrected chi connectivity index (χ4v) is 1.43. The van der Waals surface area contributed by atoms with Crippen LogP contribution in [-0.2, 0) is 11.5 Å². The fourth-order valence-electron chi connectivity index (χ4n) is 1.03. The number of pyridine rings is 1. The smallest absolute Gasteiger partial charge is 0.433 e. The van der Waals surface area contributed by atoms with Gasteiger partial charge in [0.25, 0.3) is 0 Å². The lowest BCUT2D eigenvalue weighted by atomic mass is 10.3. The lowest BCUT2D eigenvalue weighted by Crippen LogP contribution is -2.10. The molecule has 0 amide bonds. The third kappa shape index (κ3) is 3.09. The highest BCUT2D eigenvalue weighted by molar-refractivity contribution is 9.08. The van der Waals surface area contributed by atoms with Gasteiger partial charge in [-0.2, -0.15) is 13.2 Å². The third-order valence-corrected chi connectivity index (χ3v) is 2.18. The molecule has 1 aromatic rings. The van der Waals surface area contributed by atoms with Gasteiger partial charge in [-0.05, 0) is 19.1 Å². The van der Waals surface area contributed by atoms with Gasteiger partial charge in [0.05, 0.1) is 12.3 Å². The van der Waals surface area contributed by atoms with E-state index in [1.165, 1.54) is 6.07 Å². The van der Waals surface area contributed by atoms with E-state index in [2.05, 4.69) is 20.9 Å². The maximum atomic E-state index is 12.3. The van der Waals surface area contributed by atoms with Crippen LogP contribution in [0.4, 0.5) is 13.2 Å². The van der Waals surface area contributed by atoms with Gasteiger partial charge in [-0.25, -0.2) is 4.98 Å². The Morgan fingerprint density at radius 3 is 2.53 bits per heavy atom. The lowest BCUT2D eigenvalue weighted by molar-refractivity contribution is -0.141. The average Bonchev–Trinajstić information content (AvgIpc) is 2.17. The molecule has 1 heterocycles. The summed E-state index contributed by atoms with van der Waals surface area (Å²) >= 11 is 3.07. The quantitative estimate of drug-likeness (QED) is 0.794. The van der Waals surface area contributed by atoms with E-state index in [0.29, 0.717) is 12.4 Å². The molecule has 0 aliphatic heterocycles. The summed E-state index contributed by atoms with van der Waals surface area (Å²) in [6.45, 7) is 2.16. The van der Waals surface area contributed by atoms with Crippen LogP contribution in [0.15, 0.2) is 12.1 Å². The van der Waals surface area contributed by atoms with Gasteiger partial charge < -0.3 is 4.74 Å². The Balaban J connectivity index is 3.08. The molecule has 1 rings (SSSR count). The number of rotatable bonds is 3. The number of ether oxygens (including phenoxy) is 1. The minimum atomic E-state index is -4.42. The molecule has 1 aromatic heterocycles. The molecule has 6 heteroatoms. The average molecular weight is 284 g/mol. The van der Waals surface area contributed by atoms with Crippen LogP contribution in [-0.4, -0.2) is 11.6 Å². The summed E-state index contributed by atoms with van der Waals surface area (Å²) in [5.41, 5.74) is -0.646. The van der Waals surface area contributed by atoms with E-state index in [0.717, 1.165) is 6.07 Å². The van der Waals surface area contributed by atoms with Gasteiger partial charge >= 0.3 is 6.18 Å². The molecule has 2 nitrogen and oxygen atoms in total. The van der Waals surface area contributed by atoms with Crippen LogP contribution in [0.2, 0.25) is 0 Å². The first-order chi connectivity index (χ1) is 6.99. The largest absolute Gasteiger partial charge is 0.492 e. The minimum Gasteiger partial charge on any atom is -0.492 e. The number of hydrogen-bond acceptors (Lipinski definition) is 2. The van der Waals surface area contributed by atoms with Gasteiger partial charge in [0, 0.05) is 5.33 Å². The molecular weight excluding hydrogens is 275 g/mol. The van der Waals surface area contributed by atoms with Crippen molar-refractivity contribution in [1.29, 1.82) is 0 Å². The molecule has 0 radical (unpaired) electrons. The summed E-state index contributed by atoms with van der Waals surface area (Å²) in [5.74, 6) is 0.377. The molecule has 0 aliphatic carbocycles. The zero-order chi connectivity index (χ0) is 11.5. The van der Waals surface area contributed by atoms with Gasteiger partial charge in [-0.3, -0.25) is 0 Å². The van der Waals surface area contributed by atoms with E-state index in [-0.39, 0.29) is 11.0 Å². The second-order valence-corrected chi connectivity index (χ2v) is 3.27. The predicted molar refractivity (Wildman–Crippen MR) is 53.0 cm³/mol. The summed E-state index contributed by atoms with van der Waals surface area (Å²) in [6.07, 6.45) is -4.42. The van der Waals surface area contributed by atoms with Crippen molar-refractivity contribution < 1.29 is 17.9 Å². The second kappa shape index (κ2) is 4.83. The van der Waals surface area contributed by atoms with E-state index < -0.39 is 11.9 Å². The van der Waals surface area contributed by atoms with Crippen LogP contribution in [0, 0.1) is 0 Å². The Kier molecular flexibility index (Phi) is 3.96. The van der Waals surface area contributed by atoms with Crippen molar-refractivity contribution in [3.8, 4) is 5.75 Å². The summed E-state index contributed by atoms with van der Waals surface area (Å²) in [4.78, 5) is 3.48. The van der Waals surface area contributed by atoms with Gasteiger partial charge in [0.1, 0.15) is 11.4 Å². The molecule has 0 saturated carbocycles. The monoisotopic (exact) mass is 283 g/mol. The first-order valence-electron chi connectivity index (χ1n) is 4.25. The highest BCUT2D eigenvalue weighted by Gasteiger charge is 2.33. The van der Waals surface area contributed by atoms with Crippen LogP contribution in [0.1, 0.15) is 18.3 Å². The zero-order valence-electron chi connectivity index (χ0n) is 7.94. The SMILES string of the molecule is CCOc1ccc(C(F)(F)F)nc1CBr. The predicted octanol–water partition coefficient (Wildman–Crippen LogP) is 3.39. The highest BCUT2D eigenvalue weighted by atomic mass is 79.9. The van der Waals surface area contributed by atoms with Crippen molar-refractivity contribution in [2.24, 2.45) is 0 Å². The molecule has 84 valence electrons. The standard InChI is InChI=1S/C9H9BrF3NO/c1-2-15-7-3-4-8(9(11,12)13)14-6(7)5-10/h3-4H,2,5H2,1H3. The molecule has 0 atom stereocenters. The Morgan fingerprint density at radius 1 is 1.40 bits per heavy atom. The first-order valence-corrected chi connectivity index (χ1v) is 5.37. The van der Waals surface area contributed by atoms with Crippen LogP contribution in [0.25, 0.3) is 0 Å². The second-order valence-electron chi connectivity index (χ2n) is 2.71. The molecule has 0 unspecified atom stereocenters. The molecule has 0 aliphatic rings. The fraction of sp³-hybridized carbons (Fsp3) is 0.444. The molecule has 0 saturated heterocycles. The van der Waals surface area contributed by atoms with Gasteiger partial charge in [0.2, 0.25) is 0 Å². The van der Waals surface area contributed by atoms with Crippen LogP contribution in [0.5, 0.6) is 5.75 Å². The van der Waals surface area contributed by atoms with E-state index in [4.69, 9.17) is 4.74 Å². The summed E-state index contributed by atoms with van der Waals surface area (Å²) in [6, 6.07) is 2.20. The van der Waals surface area contributed by atoms with Crippen molar-refractivity contribution in [3.63, 3.8) is 0 Å². The van der Waals surface area contributed by atoms with Crippen molar-refractivity contribution in [2.45, 2.75) is 18.4 Å². The number of hydrogen-bond donors (Lipinski definition) is 0. The molecule has 15 heavy (non-hydrogen) atoms. The third-order valence-electron chi connectivity index (χ3n) is 1.65. The molecule has 0 fully saturated rings. The Bertz CT molecular complexity index is 341. The summed E-state index contributed by atoms with van der Waals surface area (Å²) in [5, 5.41) is 0.228. The molecule has 0 bridgehead atoms. The summed E-state index contributed by atoms with van der Waals surface area (Å²) < 4.78 is 42.0. The molecule has 0 aromatic carbocycles. The van der Waals surface area contributed by atoms with Crippen LogP contribution in [0.3, 0.4) is 0 Å². The molecule has 0 N–H and O–H groups in total. The van der Waals surface area contributed by atoms with Gasteiger partial charge in [-0.1, -0.05) is 15.9 Å². The van der Waals surface area contributed by atoms with Crippen LogP contribution >= 0.6 is 15.9 Å². The maximum absolute atomic E-state index is 12.3. The van der Waals surface area contributed by atoms with Gasteiger partial charge in [-0.15, -0.1) is 0 Å². The molecular formula is C9H9BrF3NO. The number of halogens is 4. The Labute approximate surface area is 93.6 Å². The normalized spacial score (nSPS) is 11.5. The summed E-state index contributed by atoms with van der Waals surface area (Å²) in [7, 11) is 0. The lowest BCUT2D eigenvalue weighted by Gasteiger charge is -2.11. The number of alkyl halides is 4. The number of nitrogens with zero attached hydrogens (tertiary/aromatic N) is 1. The van der Waals surface area contributed by atoms with Crippen molar-refractivity contribution in [2.75, 3.05) is 6.61 Å². The van der Waals surface area contributed by atoms with Crippen LogP contribution < -0.4 is 4.74 Å². The highest BCUT2D eigenvalue weighted by Crippen LogP contribution is 2.30. The first kappa shape index (κ1) is 12.3. The minimum absolute atomic E-state index is 0.228. The topological polar surface area (TPSA) is 22.1 Å². The maximum Gasteiger partial charge on any atom is 0.433 e. The Hall–Kier alpha value is -0.780. The van der Waals surface area contributed by atoms with Crippen molar-refractivity contribution in [3.05, 3.63) is 23.5 Å². The van der Waals surface area contributed by atoms with Crippen molar-refractivity contribution in [1.82, 2.24) is 4.98 Å². The molecule has 0 spiro atoms. The van der Waals surface area contributed by atoms with E-state index >= 15 is 0 Å². The zero-order valence-corrected chi connectivity index (χ0v) is 9.52. The Morgan fingerprint density at radius 2 is 2.07 bits per heavy atom. The van der Waals surface area contributed by atoms with E-state index in [9.17, 15) is 13.2 Å². The van der Waals surface area contributed by atoms with Gasteiger partial charge in [0.15, 0.2) is 0 Å².